The molecule has 0 saturated heterocycles. The number of nitrogens with two attached hydrogens (primary N) is 1. The minimum Gasteiger partial charge on any atom is -0.464 e. The van der Waals surface area contributed by atoms with Gasteiger partial charge in [0, 0.05) is 5.69 Å². The maximum absolute atomic E-state index is 13.4. The number of hydrogen-bond acceptors (Lipinski definition) is 6. The molecule has 0 atom stereocenters. The number of aryl methyl sites for hydroxylation is 1. The van der Waals surface area contributed by atoms with Gasteiger partial charge in [-0.3, -0.25) is 0 Å². The van der Waals surface area contributed by atoms with Gasteiger partial charge in [-0.2, -0.15) is 15.0 Å². The van der Waals surface area contributed by atoms with Crippen molar-refractivity contribution in [1.82, 2.24) is 15.0 Å². The van der Waals surface area contributed by atoms with Crippen LogP contribution in [0.4, 0.5) is 22.0 Å². The maximum atomic E-state index is 13.4. The molecule has 0 bridgehead atoms. The number of benzene rings is 1. The van der Waals surface area contributed by atoms with Crippen LogP contribution in [0.5, 0.6) is 6.01 Å². The van der Waals surface area contributed by atoms with Crippen LogP contribution in [-0.2, 0) is 0 Å². The molecule has 0 saturated carbocycles. The highest BCUT2D eigenvalue weighted by molar-refractivity contribution is 9.10. The number of rotatable bonds is 4. The molecule has 0 spiro atoms. The Kier molecular flexibility index (Phi) is 4.33. The monoisotopic (exact) mass is 341 g/mol. The molecule has 2 aromatic rings. The van der Waals surface area contributed by atoms with Crippen LogP contribution in [-0.4, -0.2) is 21.6 Å². The molecular weight excluding hydrogens is 329 g/mol. The lowest BCUT2D eigenvalue weighted by atomic mass is 10.2. The summed E-state index contributed by atoms with van der Waals surface area (Å²) < 4.78 is 18.9. The van der Waals surface area contributed by atoms with Crippen molar-refractivity contribution in [2.24, 2.45) is 0 Å². The molecule has 0 aliphatic heterocycles. The Morgan fingerprint density at radius 3 is 2.80 bits per heavy atom. The van der Waals surface area contributed by atoms with Crippen molar-refractivity contribution >= 4 is 33.5 Å². The van der Waals surface area contributed by atoms with Crippen molar-refractivity contribution in [2.45, 2.75) is 13.8 Å². The fourth-order valence-corrected chi connectivity index (χ4v) is 1.87. The molecule has 106 valence electrons. The number of nitrogen functional groups attached to an aromatic ring is 1. The van der Waals surface area contributed by atoms with Crippen molar-refractivity contribution in [3.05, 3.63) is 28.0 Å². The van der Waals surface area contributed by atoms with E-state index in [-0.39, 0.29) is 23.7 Å². The zero-order valence-electron chi connectivity index (χ0n) is 10.9. The molecule has 1 aromatic heterocycles. The largest absolute Gasteiger partial charge is 0.464 e. The van der Waals surface area contributed by atoms with E-state index < -0.39 is 0 Å². The van der Waals surface area contributed by atoms with Crippen molar-refractivity contribution in [2.75, 3.05) is 17.7 Å². The zero-order chi connectivity index (χ0) is 14.7. The number of anilines is 3. The summed E-state index contributed by atoms with van der Waals surface area (Å²) in [5.41, 5.74) is 6.95. The van der Waals surface area contributed by atoms with Gasteiger partial charge in [-0.25, -0.2) is 4.39 Å². The van der Waals surface area contributed by atoms with Crippen LogP contribution in [0.3, 0.4) is 0 Å². The Bertz CT molecular complexity index is 637. The second-order valence-electron chi connectivity index (χ2n) is 3.94. The Morgan fingerprint density at radius 2 is 2.10 bits per heavy atom. The van der Waals surface area contributed by atoms with Crippen LogP contribution < -0.4 is 15.8 Å². The predicted octanol–water partition coefficient (Wildman–Crippen LogP) is 2.81. The lowest BCUT2D eigenvalue weighted by molar-refractivity contribution is 0.312. The van der Waals surface area contributed by atoms with Crippen LogP contribution in [0, 0.1) is 12.7 Å². The van der Waals surface area contributed by atoms with Gasteiger partial charge in [0.2, 0.25) is 11.9 Å². The Hall–Kier alpha value is -1.96. The highest BCUT2D eigenvalue weighted by atomic mass is 79.9. The average Bonchev–Trinajstić information content (AvgIpc) is 2.35. The standard InChI is InChI=1S/C12H13BrFN5O/c1-3-20-12-18-10(15)17-11(19-12)16-9-5-7(13)8(14)4-6(9)2/h4-5H,3H2,1-2H3,(H3,15,16,17,18,19). The molecule has 6 nitrogen and oxygen atoms in total. The average molecular weight is 342 g/mol. The SMILES string of the molecule is CCOc1nc(N)nc(Nc2cc(Br)c(F)cc2C)n1. The summed E-state index contributed by atoms with van der Waals surface area (Å²) in [5, 5.41) is 2.96. The van der Waals surface area contributed by atoms with Gasteiger partial charge in [0.1, 0.15) is 5.82 Å². The van der Waals surface area contributed by atoms with Crippen molar-refractivity contribution < 1.29 is 9.13 Å². The van der Waals surface area contributed by atoms with Gasteiger partial charge in [0.25, 0.3) is 0 Å². The Morgan fingerprint density at radius 1 is 1.35 bits per heavy atom. The Labute approximate surface area is 123 Å². The van der Waals surface area contributed by atoms with Crippen LogP contribution in [0.15, 0.2) is 16.6 Å². The molecule has 8 heteroatoms. The number of aromatic nitrogens is 3. The molecule has 0 radical (unpaired) electrons. The molecule has 1 aromatic carbocycles. The van der Waals surface area contributed by atoms with Gasteiger partial charge in [-0.1, -0.05) is 0 Å². The van der Waals surface area contributed by atoms with Gasteiger partial charge in [-0.15, -0.1) is 0 Å². The van der Waals surface area contributed by atoms with Crippen molar-refractivity contribution in [1.29, 1.82) is 0 Å². The van der Waals surface area contributed by atoms with Crippen LogP contribution in [0.2, 0.25) is 0 Å². The first kappa shape index (κ1) is 14.4. The van der Waals surface area contributed by atoms with E-state index in [9.17, 15) is 4.39 Å². The first-order chi connectivity index (χ1) is 9.49. The van der Waals surface area contributed by atoms with E-state index >= 15 is 0 Å². The van der Waals surface area contributed by atoms with Crippen LogP contribution >= 0.6 is 15.9 Å². The van der Waals surface area contributed by atoms with Gasteiger partial charge in [-0.05, 0) is 47.5 Å². The molecule has 3 N–H and O–H groups in total. The summed E-state index contributed by atoms with van der Waals surface area (Å²) in [4.78, 5) is 11.9. The number of halogens is 2. The highest BCUT2D eigenvalue weighted by Crippen LogP contribution is 2.26. The molecule has 0 fully saturated rings. The summed E-state index contributed by atoms with van der Waals surface area (Å²) in [5.74, 6) is -0.0504. The van der Waals surface area contributed by atoms with Crippen LogP contribution in [0.1, 0.15) is 12.5 Å². The van der Waals surface area contributed by atoms with Gasteiger partial charge >= 0.3 is 6.01 Å². The molecular formula is C12H13BrFN5O. The second kappa shape index (κ2) is 6.00. The number of hydrogen-bond donors (Lipinski definition) is 2. The Balaban J connectivity index is 2.32. The number of nitrogens with zero attached hydrogens (tertiary/aromatic N) is 3. The maximum Gasteiger partial charge on any atom is 0.323 e. The number of nitrogens with one attached hydrogen (secondary N) is 1. The van der Waals surface area contributed by atoms with E-state index in [4.69, 9.17) is 10.5 Å². The summed E-state index contributed by atoms with van der Waals surface area (Å²) >= 11 is 3.13. The molecule has 2 rings (SSSR count). The first-order valence-corrected chi connectivity index (χ1v) is 6.66. The van der Waals surface area contributed by atoms with Crippen LogP contribution in [0.25, 0.3) is 0 Å². The summed E-state index contributed by atoms with van der Waals surface area (Å²) in [6.45, 7) is 4.00. The van der Waals surface area contributed by atoms with E-state index in [2.05, 4.69) is 36.2 Å². The lowest BCUT2D eigenvalue weighted by Crippen LogP contribution is -2.07. The van der Waals surface area contributed by atoms with Gasteiger partial charge in [0.05, 0.1) is 11.1 Å². The third kappa shape index (κ3) is 3.32. The van der Waals surface area contributed by atoms with Crippen molar-refractivity contribution in [3.63, 3.8) is 0 Å². The van der Waals surface area contributed by atoms with Gasteiger partial charge in [0.15, 0.2) is 0 Å². The minimum atomic E-state index is -0.335. The molecule has 1 heterocycles. The molecule has 0 aliphatic carbocycles. The van der Waals surface area contributed by atoms with E-state index in [0.717, 1.165) is 0 Å². The molecule has 0 amide bonds. The molecule has 0 unspecified atom stereocenters. The predicted molar refractivity (Wildman–Crippen MR) is 77.5 cm³/mol. The molecule has 0 aliphatic rings. The first-order valence-electron chi connectivity index (χ1n) is 5.86. The fraction of sp³-hybridized carbons (Fsp3) is 0.250. The summed E-state index contributed by atoms with van der Waals surface area (Å²) in [7, 11) is 0. The summed E-state index contributed by atoms with van der Waals surface area (Å²) in [6.07, 6.45) is 0. The van der Waals surface area contributed by atoms with E-state index in [1.807, 2.05) is 6.92 Å². The third-order valence-electron chi connectivity index (χ3n) is 2.42. The van der Waals surface area contributed by atoms with E-state index in [1.165, 1.54) is 6.07 Å². The fourth-order valence-electron chi connectivity index (χ4n) is 1.52. The molecule has 20 heavy (non-hydrogen) atoms. The van der Waals surface area contributed by atoms with E-state index in [1.54, 1.807) is 13.0 Å². The lowest BCUT2D eigenvalue weighted by Gasteiger charge is -2.10. The van der Waals surface area contributed by atoms with E-state index in [0.29, 0.717) is 22.3 Å². The number of ether oxygens (including phenoxy) is 1. The van der Waals surface area contributed by atoms with Crippen molar-refractivity contribution in [3.8, 4) is 6.01 Å². The zero-order valence-corrected chi connectivity index (χ0v) is 12.5. The normalized spacial score (nSPS) is 10.4. The smallest absolute Gasteiger partial charge is 0.323 e. The second-order valence-corrected chi connectivity index (χ2v) is 4.79. The minimum absolute atomic E-state index is 0.0461. The van der Waals surface area contributed by atoms with Gasteiger partial charge < -0.3 is 15.8 Å². The third-order valence-corrected chi connectivity index (χ3v) is 3.03. The topological polar surface area (TPSA) is 86.0 Å². The quantitative estimate of drug-likeness (QED) is 0.889. The highest BCUT2D eigenvalue weighted by Gasteiger charge is 2.09. The summed E-state index contributed by atoms with van der Waals surface area (Å²) in [6, 6.07) is 3.15.